The highest BCUT2D eigenvalue weighted by atomic mass is 35.5. The molecule has 3 rings (SSSR count). The lowest BCUT2D eigenvalue weighted by atomic mass is 10.1. The van der Waals surface area contributed by atoms with Crippen molar-refractivity contribution in [3.05, 3.63) is 47.0 Å². The molecular weight excluding hydrogens is 274 g/mol. The van der Waals surface area contributed by atoms with Gasteiger partial charge < -0.3 is 10.2 Å². The van der Waals surface area contributed by atoms with Crippen molar-refractivity contribution in [3.63, 3.8) is 0 Å². The van der Waals surface area contributed by atoms with Crippen LogP contribution < -0.4 is 5.73 Å². The van der Waals surface area contributed by atoms with Crippen molar-refractivity contribution in [3.8, 4) is 11.5 Å². The zero-order valence-corrected chi connectivity index (χ0v) is 10.2. The summed E-state index contributed by atoms with van der Waals surface area (Å²) in [6.07, 6.45) is 0. The summed E-state index contributed by atoms with van der Waals surface area (Å²) in [6.45, 7) is 0. The molecule has 19 heavy (non-hydrogen) atoms. The van der Waals surface area contributed by atoms with Gasteiger partial charge >= 0.3 is 0 Å². The highest BCUT2D eigenvalue weighted by Gasteiger charge is 2.17. The molecule has 0 unspecified atom stereocenters. The Labute approximate surface area is 111 Å². The summed E-state index contributed by atoms with van der Waals surface area (Å²) in [6, 6.07) is 6.50. The lowest BCUT2D eigenvalue weighted by molar-refractivity contribution is 0.593. The van der Waals surface area contributed by atoms with Crippen molar-refractivity contribution in [2.24, 2.45) is 0 Å². The number of halogens is 3. The van der Waals surface area contributed by atoms with Gasteiger partial charge in [0.15, 0.2) is 5.58 Å². The zero-order valence-electron chi connectivity index (χ0n) is 9.45. The van der Waals surface area contributed by atoms with Crippen molar-refractivity contribution >= 4 is 28.4 Å². The average molecular weight is 281 g/mol. The number of nitrogen functional groups attached to an aromatic ring is 1. The molecule has 0 bridgehead atoms. The Morgan fingerprint density at radius 1 is 1.21 bits per heavy atom. The number of oxazole rings is 1. The summed E-state index contributed by atoms with van der Waals surface area (Å²) < 4.78 is 32.3. The van der Waals surface area contributed by atoms with E-state index >= 15 is 0 Å². The van der Waals surface area contributed by atoms with E-state index < -0.39 is 11.6 Å². The van der Waals surface area contributed by atoms with Crippen LogP contribution >= 0.6 is 11.6 Å². The molecule has 0 saturated carbocycles. The number of benzene rings is 2. The number of hydrogen-bond donors (Lipinski definition) is 1. The second-order valence-corrected chi connectivity index (χ2v) is 4.37. The third-order valence-corrected chi connectivity index (χ3v) is 2.95. The smallest absolute Gasteiger partial charge is 0.232 e. The minimum absolute atomic E-state index is 0.0295. The molecular formula is C13H7ClF2N2O. The van der Waals surface area contributed by atoms with E-state index in [0.29, 0.717) is 0 Å². The molecule has 3 aromatic rings. The molecule has 0 aliphatic carbocycles. The van der Waals surface area contributed by atoms with Crippen LogP contribution in [0.2, 0.25) is 5.02 Å². The molecule has 3 nitrogen and oxygen atoms in total. The van der Waals surface area contributed by atoms with Crippen LogP contribution in [0, 0.1) is 11.6 Å². The number of fused-ring (bicyclic) bond motifs is 1. The van der Waals surface area contributed by atoms with E-state index in [0.717, 1.165) is 12.1 Å². The molecule has 0 aliphatic rings. The van der Waals surface area contributed by atoms with Gasteiger partial charge in [-0.05, 0) is 18.2 Å². The van der Waals surface area contributed by atoms with Gasteiger partial charge in [0.2, 0.25) is 5.89 Å². The van der Waals surface area contributed by atoms with Crippen LogP contribution in [0.5, 0.6) is 0 Å². The Balaban J connectivity index is 2.30. The van der Waals surface area contributed by atoms with Gasteiger partial charge in [0.05, 0.1) is 10.6 Å². The van der Waals surface area contributed by atoms with Gasteiger partial charge in [0, 0.05) is 11.8 Å². The molecule has 0 atom stereocenters. The van der Waals surface area contributed by atoms with Crippen molar-refractivity contribution in [2.75, 3.05) is 5.73 Å². The predicted octanol–water partition coefficient (Wildman–Crippen LogP) is 4.01. The Hall–Kier alpha value is -2.14. The van der Waals surface area contributed by atoms with Crippen LogP contribution in [0.15, 0.2) is 34.7 Å². The van der Waals surface area contributed by atoms with Gasteiger partial charge in [0.1, 0.15) is 17.2 Å². The first-order valence-electron chi connectivity index (χ1n) is 5.36. The minimum atomic E-state index is -0.567. The van der Waals surface area contributed by atoms with Crippen LogP contribution in [0.4, 0.5) is 14.5 Å². The number of aromatic nitrogens is 1. The lowest BCUT2D eigenvalue weighted by Gasteiger charge is -2.01. The van der Waals surface area contributed by atoms with Crippen molar-refractivity contribution in [1.29, 1.82) is 0 Å². The van der Waals surface area contributed by atoms with Gasteiger partial charge in [-0.15, -0.1) is 0 Å². The summed E-state index contributed by atoms with van der Waals surface area (Å²) in [5, 5.41) is 0.0728. The fourth-order valence-corrected chi connectivity index (χ4v) is 2.07. The summed E-state index contributed by atoms with van der Waals surface area (Å²) >= 11 is 5.84. The average Bonchev–Trinajstić information content (AvgIpc) is 2.72. The number of nitrogens with zero attached hydrogens (tertiary/aromatic N) is 1. The third kappa shape index (κ3) is 1.92. The van der Waals surface area contributed by atoms with Crippen LogP contribution in [0.3, 0.4) is 0 Å². The second kappa shape index (κ2) is 4.20. The highest BCUT2D eigenvalue weighted by molar-refractivity contribution is 6.34. The summed E-state index contributed by atoms with van der Waals surface area (Å²) in [5.41, 5.74) is 6.32. The molecule has 0 spiro atoms. The normalized spacial score (nSPS) is 11.1. The minimum Gasteiger partial charge on any atom is -0.434 e. The molecule has 1 aromatic heterocycles. The second-order valence-electron chi connectivity index (χ2n) is 3.96. The number of nitrogens with two attached hydrogens (primary N) is 1. The molecule has 2 N–H and O–H groups in total. The van der Waals surface area contributed by atoms with E-state index in [1.807, 2.05) is 0 Å². The first-order valence-corrected chi connectivity index (χ1v) is 5.74. The maximum absolute atomic E-state index is 13.8. The van der Waals surface area contributed by atoms with Crippen molar-refractivity contribution < 1.29 is 13.2 Å². The van der Waals surface area contributed by atoms with Crippen molar-refractivity contribution in [2.45, 2.75) is 0 Å². The van der Waals surface area contributed by atoms with E-state index in [2.05, 4.69) is 4.98 Å². The van der Waals surface area contributed by atoms with Crippen LogP contribution in [-0.2, 0) is 0 Å². The zero-order chi connectivity index (χ0) is 13.6. The largest absolute Gasteiger partial charge is 0.434 e. The Morgan fingerprint density at radius 3 is 2.74 bits per heavy atom. The topological polar surface area (TPSA) is 52.0 Å². The SMILES string of the molecule is Nc1cccc(F)c1-c1nc2cc(F)cc(Cl)c2o1. The summed E-state index contributed by atoms with van der Waals surface area (Å²) in [7, 11) is 0. The molecule has 6 heteroatoms. The molecule has 96 valence electrons. The highest BCUT2D eigenvalue weighted by Crippen LogP contribution is 2.33. The van der Waals surface area contributed by atoms with Crippen molar-refractivity contribution in [1.82, 2.24) is 4.98 Å². The molecule has 0 saturated heterocycles. The van der Waals surface area contributed by atoms with Gasteiger partial charge in [-0.3, -0.25) is 0 Å². The molecule has 0 aliphatic heterocycles. The molecule has 1 heterocycles. The van der Waals surface area contributed by atoms with Gasteiger partial charge in [-0.1, -0.05) is 17.7 Å². The van der Waals surface area contributed by atoms with Crippen LogP contribution in [-0.4, -0.2) is 4.98 Å². The van der Waals surface area contributed by atoms with Gasteiger partial charge in [-0.2, -0.15) is 0 Å². The number of anilines is 1. The van der Waals surface area contributed by atoms with Gasteiger partial charge in [0.25, 0.3) is 0 Å². The standard InChI is InChI=1S/C13H7ClF2N2O/c14-7-4-6(15)5-10-12(7)19-13(18-10)11-8(16)2-1-3-9(11)17/h1-5H,17H2. The Kier molecular flexibility index (Phi) is 2.64. The van der Waals surface area contributed by atoms with E-state index in [4.69, 9.17) is 21.8 Å². The fourth-order valence-electron chi connectivity index (χ4n) is 1.83. The first kappa shape index (κ1) is 11.9. The predicted molar refractivity (Wildman–Crippen MR) is 68.8 cm³/mol. The lowest BCUT2D eigenvalue weighted by Crippen LogP contribution is -1.93. The molecule has 0 radical (unpaired) electrons. The molecule has 0 fully saturated rings. The third-order valence-electron chi connectivity index (χ3n) is 2.67. The number of rotatable bonds is 1. The van der Waals surface area contributed by atoms with Crippen LogP contribution in [0.1, 0.15) is 0 Å². The summed E-state index contributed by atoms with van der Waals surface area (Å²) in [5.74, 6) is -1.14. The maximum Gasteiger partial charge on any atom is 0.232 e. The first-order chi connectivity index (χ1) is 9.06. The monoisotopic (exact) mass is 280 g/mol. The van der Waals surface area contributed by atoms with Crippen LogP contribution in [0.25, 0.3) is 22.6 Å². The quantitative estimate of drug-likeness (QED) is 0.685. The van der Waals surface area contributed by atoms with E-state index in [9.17, 15) is 8.78 Å². The maximum atomic E-state index is 13.8. The van der Waals surface area contributed by atoms with E-state index in [1.165, 1.54) is 18.2 Å². The Morgan fingerprint density at radius 2 is 2.00 bits per heavy atom. The molecule has 2 aromatic carbocycles. The Bertz CT molecular complexity index is 765. The molecule has 0 amide bonds. The fraction of sp³-hybridized carbons (Fsp3) is 0. The van der Waals surface area contributed by atoms with E-state index in [1.54, 1.807) is 0 Å². The van der Waals surface area contributed by atoms with E-state index in [-0.39, 0.29) is 33.3 Å². The number of hydrogen-bond acceptors (Lipinski definition) is 3. The summed E-state index contributed by atoms with van der Waals surface area (Å²) in [4.78, 5) is 4.02. The van der Waals surface area contributed by atoms with Gasteiger partial charge in [-0.25, -0.2) is 13.8 Å².